The van der Waals surface area contributed by atoms with Crippen LogP contribution in [0.1, 0.15) is 78.6 Å². The second-order valence-corrected chi connectivity index (χ2v) is 11.5. The van der Waals surface area contributed by atoms with E-state index < -0.39 is 5.91 Å². The fourth-order valence-corrected chi connectivity index (χ4v) is 8.69. The smallest absolute Gasteiger partial charge is 0.238 e. The molecule has 0 aromatic rings. The van der Waals surface area contributed by atoms with Gasteiger partial charge in [-0.1, -0.05) is 20.8 Å². The van der Waals surface area contributed by atoms with Crippen LogP contribution < -0.4 is 5.73 Å². The van der Waals surface area contributed by atoms with Gasteiger partial charge in [0.05, 0.1) is 18.3 Å². The van der Waals surface area contributed by atoms with Gasteiger partial charge < -0.3 is 15.3 Å². The highest BCUT2D eigenvalue weighted by Crippen LogP contribution is 2.68. The van der Waals surface area contributed by atoms with Crippen LogP contribution >= 0.6 is 0 Å². The molecule has 11 atom stereocenters. The van der Waals surface area contributed by atoms with E-state index in [1.165, 1.54) is 0 Å². The molecule has 29 heavy (non-hydrogen) atoms. The molecule has 4 unspecified atom stereocenters. The molecule has 4 aliphatic carbocycles. The Kier molecular flexibility index (Phi) is 5.57. The fraction of sp³-hybridized carbons (Fsp3) is 0.958. The number of carbonyl (C=O) groups is 1. The normalized spacial score (nSPS) is 52.9. The molecule has 0 saturated heterocycles. The van der Waals surface area contributed by atoms with Crippen LogP contribution in [0.4, 0.5) is 0 Å². The molecule has 165 valence electrons. The second-order valence-electron chi connectivity index (χ2n) is 11.5. The quantitative estimate of drug-likeness (QED) is 0.667. The zero-order valence-corrected chi connectivity index (χ0v) is 18.3. The molecule has 1 radical (unpaired) electrons. The van der Waals surface area contributed by atoms with Gasteiger partial charge in [-0.25, -0.2) is 0 Å². The maximum absolute atomic E-state index is 11.5. The molecule has 4 aliphatic rings. The summed E-state index contributed by atoms with van der Waals surface area (Å²) in [5, 5.41) is 32.9. The molecule has 4 N–H and O–H groups in total. The predicted molar refractivity (Wildman–Crippen MR) is 111 cm³/mol. The second kappa shape index (κ2) is 7.49. The Hall–Kier alpha value is -0.650. The minimum absolute atomic E-state index is 0.104. The molecular formula is C24H40NO4. The Morgan fingerprint density at radius 2 is 1.79 bits per heavy atom. The summed E-state index contributed by atoms with van der Waals surface area (Å²) in [4.78, 5) is 11.2. The van der Waals surface area contributed by atoms with Crippen molar-refractivity contribution in [1.82, 2.24) is 5.73 Å². The number of aliphatic hydroxyl groups excluding tert-OH is 3. The van der Waals surface area contributed by atoms with Gasteiger partial charge in [0, 0.05) is 6.42 Å². The van der Waals surface area contributed by atoms with Crippen molar-refractivity contribution in [2.75, 3.05) is 0 Å². The van der Waals surface area contributed by atoms with Gasteiger partial charge in [-0.05, 0) is 97.7 Å². The van der Waals surface area contributed by atoms with Crippen molar-refractivity contribution in [1.29, 1.82) is 0 Å². The number of rotatable bonds is 4. The Balaban J connectivity index is 1.61. The van der Waals surface area contributed by atoms with Crippen LogP contribution in [0, 0.1) is 46.3 Å². The standard InChI is InChI=1S/C24H40NO4/c1-13(4-7-21(25)29)16-5-6-17-22-18(12-20(28)24(16,17)3)23(2)9-8-15(26)10-14(23)11-19(22)27/h13-20,22,25-28H,4-12H2,1-3H3/t13-,14?,15-,16-,17?,18?,19+,20+,22?,23+,24-/m1/s1. The number of amides is 1. The van der Waals surface area contributed by atoms with E-state index in [1.54, 1.807) is 0 Å². The van der Waals surface area contributed by atoms with Gasteiger partial charge in [-0.3, -0.25) is 10.5 Å². The van der Waals surface area contributed by atoms with E-state index in [0.29, 0.717) is 36.0 Å². The molecule has 4 saturated carbocycles. The van der Waals surface area contributed by atoms with Gasteiger partial charge >= 0.3 is 0 Å². The van der Waals surface area contributed by atoms with Crippen LogP contribution in [0.2, 0.25) is 0 Å². The van der Waals surface area contributed by atoms with E-state index in [4.69, 9.17) is 5.73 Å². The van der Waals surface area contributed by atoms with E-state index >= 15 is 0 Å². The molecule has 1 amide bonds. The number of nitrogens with one attached hydrogen (secondary N) is 1. The van der Waals surface area contributed by atoms with Gasteiger partial charge in [-0.15, -0.1) is 0 Å². The molecular weight excluding hydrogens is 366 g/mol. The number of aliphatic hydroxyl groups is 3. The molecule has 4 rings (SSSR count). The number of fused-ring (bicyclic) bond motifs is 5. The lowest BCUT2D eigenvalue weighted by atomic mass is 9.43. The summed E-state index contributed by atoms with van der Waals surface area (Å²) in [6, 6.07) is 0. The lowest BCUT2D eigenvalue weighted by molar-refractivity contribution is -0.207. The van der Waals surface area contributed by atoms with Gasteiger partial charge in [-0.2, -0.15) is 0 Å². The van der Waals surface area contributed by atoms with Crippen LogP contribution in [0.3, 0.4) is 0 Å². The number of carbonyl (C=O) groups excluding carboxylic acids is 1. The highest BCUT2D eigenvalue weighted by atomic mass is 16.3. The largest absolute Gasteiger partial charge is 0.393 e. The first-order chi connectivity index (χ1) is 13.6. The molecule has 5 heteroatoms. The monoisotopic (exact) mass is 406 g/mol. The van der Waals surface area contributed by atoms with Crippen LogP contribution in [-0.4, -0.2) is 39.5 Å². The summed E-state index contributed by atoms with van der Waals surface area (Å²) in [6.07, 6.45) is 6.28. The van der Waals surface area contributed by atoms with Crippen molar-refractivity contribution in [3.8, 4) is 0 Å². The molecule has 0 bridgehead atoms. The highest BCUT2D eigenvalue weighted by molar-refractivity contribution is 5.72. The van der Waals surface area contributed by atoms with Crippen molar-refractivity contribution in [2.24, 2.45) is 46.3 Å². The Labute approximate surface area is 175 Å². The molecule has 0 aromatic carbocycles. The molecule has 4 fully saturated rings. The number of hydrogen-bond donors (Lipinski definition) is 3. The van der Waals surface area contributed by atoms with Crippen LogP contribution in [0.5, 0.6) is 0 Å². The van der Waals surface area contributed by atoms with Gasteiger partial charge in [0.15, 0.2) is 0 Å². The minimum atomic E-state index is -0.498. The van der Waals surface area contributed by atoms with Gasteiger partial charge in [0.1, 0.15) is 0 Å². The first kappa shape index (κ1) is 21.6. The Morgan fingerprint density at radius 1 is 1.07 bits per heavy atom. The summed E-state index contributed by atoms with van der Waals surface area (Å²) in [5.74, 6) is 1.36. The predicted octanol–water partition coefficient (Wildman–Crippen LogP) is 3.17. The minimum Gasteiger partial charge on any atom is -0.393 e. The summed E-state index contributed by atoms with van der Waals surface area (Å²) in [5.41, 5.74) is 7.13. The van der Waals surface area contributed by atoms with Gasteiger partial charge in [0.2, 0.25) is 5.91 Å². The van der Waals surface area contributed by atoms with Crippen molar-refractivity contribution in [2.45, 2.75) is 96.9 Å². The van der Waals surface area contributed by atoms with Crippen molar-refractivity contribution >= 4 is 5.91 Å². The average molecular weight is 407 g/mol. The maximum atomic E-state index is 11.5. The molecule has 0 aliphatic heterocycles. The van der Waals surface area contributed by atoms with E-state index in [9.17, 15) is 20.1 Å². The average Bonchev–Trinajstić information content (AvgIpc) is 3.01. The van der Waals surface area contributed by atoms with Gasteiger partial charge in [0.25, 0.3) is 0 Å². The summed E-state index contributed by atoms with van der Waals surface area (Å²) < 4.78 is 0. The topological polar surface area (TPSA) is 102 Å². The summed E-state index contributed by atoms with van der Waals surface area (Å²) in [6.45, 7) is 6.77. The SMILES string of the molecule is C[C@H](CCC([NH])=O)[C@H]1CCC2C3C(C[C@H](O)[C@@]21C)[C@@]1(C)CC[C@@H](O)CC1C[C@@H]3O. The first-order valence-corrected chi connectivity index (χ1v) is 11.9. The lowest BCUT2D eigenvalue weighted by Crippen LogP contribution is -2.62. The van der Waals surface area contributed by atoms with Crippen molar-refractivity contribution in [3.05, 3.63) is 0 Å². The van der Waals surface area contributed by atoms with Crippen molar-refractivity contribution < 1.29 is 20.1 Å². The fourth-order valence-electron chi connectivity index (χ4n) is 8.69. The van der Waals surface area contributed by atoms with Crippen molar-refractivity contribution in [3.63, 3.8) is 0 Å². The third-order valence-corrected chi connectivity index (χ3v) is 10.3. The zero-order valence-electron chi connectivity index (χ0n) is 18.3. The third kappa shape index (κ3) is 3.27. The third-order valence-electron chi connectivity index (χ3n) is 10.3. The van der Waals surface area contributed by atoms with Crippen LogP contribution in [0.25, 0.3) is 0 Å². The number of hydrogen-bond acceptors (Lipinski definition) is 4. The lowest BCUT2D eigenvalue weighted by Gasteiger charge is -2.63. The Morgan fingerprint density at radius 3 is 2.48 bits per heavy atom. The summed E-state index contributed by atoms with van der Waals surface area (Å²) >= 11 is 0. The van der Waals surface area contributed by atoms with E-state index in [0.717, 1.165) is 51.4 Å². The van der Waals surface area contributed by atoms with E-state index in [1.807, 2.05) is 0 Å². The van der Waals surface area contributed by atoms with Crippen LogP contribution in [-0.2, 0) is 4.79 Å². The molecule has 0 heterocycles. The molecule has 0 aromatic heterocycles. The summed E-state index contributed by atoms with van der Waals surface area (Å²) in [7, 11) is 0. The molecule has 5 nitrogen and oxygen atoms in total. The first-order valence-electron chi connectivity index (χ1n) is 11.9. The van der Waals surface area contributed by atoms with Crippen LogP contribution in [0.15, 0.2) is 0 Å². The molecule has 0 spiro atoms. The zero-order chi connectivity index (χ0) is 21.1. The Bertz CT molecular complexity index is 640. The highest BCUT2D eigenvalue weighted by Gasteiger charge is 2.65. The van der Waals surface area contributed by atoms with E-state index in [-0.39, 0.29) is 35.1 Å². The maximum Gasteiger partial charge on any atom is 0.238 e. The van der Waals surface area contributed by atoms with E-state index in [2.05, 4.69) is 20.8 Å².